The van der Waals surface area contributed by atoms with Crippen molar-refractivity contribution in [2.24, 2.45) is 0 Å². The standard InChI is InChI=1S/C22H25ClN2O4/c1-28-19-14-16(13-17(23)20(19)29-2)21(26)24-18(12-15-8-4-3-5-9-15)22(27)25-10-6-7-11-25/h3-5,8-9,13-14,18H,6-7,10-12H2,1-2H3,(H,24,26). The van der Waals surface area contributed by atoms with E-state index >= 15 is 0 Å². The van der Waals surface area contributed by atoms with E-state index in [-0.39, 0.29) is 16.8 Å². The van der Waals surface area contributed by atoms with E-state index in [1.165, 1.54) is 20.3 Å². The van der Waals surface area contributed by atoms with E-state index in [0.29, 0.717) is 23.5 Å². The van der Waals surface area contributed by atoms with Gasteiger partial charge in [0.2, 0.25) is 5.91 Å². The second kappa shape index (κ2) is 9.65. The van der Waals surface area contributed by atoms with E-state index in [2.05, 4.69) is 5.32 Å². The first-order valence-electron chi connectivity index (χ1n) is 9.58. The molecular weight excluding hydrogens is 392 g/mol. The van der Waals surface area contributed by atoms with Crippen LogP contribution in [0.5, 0.6) is 11.5 Å². The number of carbonyl (C=O) groups is 2. The van der Waals surface area contributed by atoms with Crippen molar-refractivity contribution in [2.45, 2.75) is 25.3 Å². The number of hydrogen-bond acceptors (Lipinski definition) is 4. The van der Waals surface area contributed by atoms with E-state index in [1.807, 2.05) is 35.2 Å². The maximum absolute atomic E-state index is 13.0. The van der Waals surface area contributed by atoms with Crippen LogP contribution in [0.15, 0.2) is 42.5 Å². The number of likely N-dealkylation sites (tertiary alicyclic amines) is 1. The van der Waals surface area contributed by atoms with E-state index in [4.69, 9.17) is 21.1 Å². The average Bonchev–Trinajstić information content (AvgIpc) is 3.27. The van der Waals surface area contributed by atoms with E-state index in [9.17, 15) is 9.59 Å². The first-order valence-corrected chi connectivity index (χ1v) is 9.96. The molecule has 0 spiro atoms. The van der Waals surface area contributed by atoms with Gasteiger partial charge in [0.15, 0.2) is 11.5 Å². The maximum atomic E-state index is 13.0. The Bertz CT molecular complexity index is 867. The second-order valence-electron chi connectivity index (χ2n) is 6.94. The van der Waals surface area contributed by atoms with Crippen LogP contribution in [0, 0.1) is 0 Å². The number of benzene rings is 2. The topological polar surface area (TPSA) is 67.9 Å². The van der Waals surface area contributed by atoms with Gasteiger partial charge in [-0.1, -0.05) is 41.9 Å². The number of nitrogens with one attached hydrogen (secondary N) is 1. The predicted molar refractivity (Wildman–Crippen MR) is 112 cm³/mol. The lowest BCUT2D eigenvalue weighted by molar-refractivity contribution is -0.132. The summed E-state index contributed by atoms with van der Waals surface area (Å²) in [5.74, 6) is 0.267. The van der Waals surface area contributed by atoms with Gasteiger partial charge in [-0.15, -0.1) is 0 Å². The minimum atomic E-state index is -0.658. The monoisotopic (exact) mass is 416 g/mol. The number of amides is 2. The molecule has 1 saturated heterocycles. The molecule has 1 unspecified atom stereocenters. The van der Waals surface area contributed by atoms with Gasteiger partial charge in [-0.25, -0.2) is 0 Å². The number of methoxy groups -OCH3 is 2. The molecule has 7 heteroatoms. The largest absolute Gasteiger partial charge is 0.493 e. The summed E-state index contributed by atoms with van der Waals surface area (Å²) in [7, 11) is 2.96. The molecule has 1 aliphatic heterocycles. The van der Waals surface area contributed by atoms with Gasteiger partial charge < -0.3 is 19.7 Å². The van der Waals surface area contributed by atoms with E-state index in [1.54, 1.807) is 6.07 Å². The van der Waals surface area contributed by atoms with Crippen LogP contribution in [0.1, 0.15) is 28.8 Å². The van der Waals surface area contributed by atoms with Crippen LogP contribution < -0.4 is 14.8 Å². The number of hydrogen-bond donors (Lipinski definition) is 1. The summed E-state index contributed by atoms with van der Waals surface area (Å²) in [6, 6.07) is 12.1. The van der Waals surface area contributed by atoms with Crippen LogP contribution in [-0.4, -0.2) is 50.1 Å². The van der Waals surface area contributed by atoms with Gasteiger partial charge in [0, 0.05) is 25.1 Å². The van der Waals surface area contributed by atoms with Crippen molar-refractivity contribution < 1.29 is 19.1 Å². The summed E-state index contributed by atoms with van der Waals surface area (Å²) >= 11 is 6.23. The van der Waals surface area contributed by atoms with Crippen molar-refractivity contribution in [3.8, 4) is 11.5 Å². The minimum Gasteiger partial charge on any atom is -0.493 e. The van der Waals surface area contributed by atoms with Crippen LogP contribution >= 0.6 is 11.6 Å². The highest BCUT2D eigenvalue weighted by molar-refractivity contribution is 6.32. The number of halogens is 1. The molecule has 1 atom stereocenters. The van der Waals surface area contributed by atoms with Gasteiger partial charge in [-0.3, -0.25) is 9.59 Å². The molecule has 1 fully saturated rings. The first kappa shape index (κ1) is 21.0. The molecule has 2 amide bonds. The van der Waals surface area contributed by atoms with Crippen LogP contribution in [0.2, 0.25) is 5.02 Å². The third-order valence-corrected chi connectivity index (χ3v) is 5.28. The van der Waals surface area contributed by atoms with Crippen molar-refractivity contribution in [2.75, 3.05) is 27.3 Å². The first-order chi connectivity index (χ1) is 14.0. The van der Waals surface area contributed by atoms with Crippen LogP contribution in [-0.2, 0) is 11.2 Å². The summed E-state index contributed by atoms with van der Waals surface area (Å²) in [5, 5.41) is 3.16. The molecule has 1 N–H and O–H groups in total. The summed E-state index contributed by atoms with van der Waals surface area (Å²) in [4.78, 5) is 27.8. The third-order valence-electron chi connectivity index (χ3n) is 5.00. The lowest BCUT2D eigenvalue weighted by Gasteiger charge is -2.24. The Morgan fingerprint density at radius 3 is 2.41 bits per heavy atom. The zero-order valence-electron chi connectivity index (χ0n) is 16.6. The molecule has 3 rings (SSSR count). The summed E-state index contributed by atoms with van der Waals surface area (Å²) < 4.78 is 10.5. The number of carbonyl (C=O) groups excluding carboxylic acids is 2. The van der Waals surface area contributed by atoms with Gasteiger partial charge in [-0.05, 0) is 30.5 Å². The Morgan fingerprint density at radius 1 is 1.10 bits per heavy atom. The quantitative estimate of drug-likeness (QED) is 0.751. The molecule has 0 bridgehead atoms. The summed E-state index contributed by atoms with van der Waals surface area (Å²) in [6.45, 7) is 1.45. The fraction of sp³-hybridized carbons (Fsp3) is 0.364. The average molecular weight is 417 g/mol. The lowest BCUT2D eigenvalue weighted by Crippen LogP contribution is -2.49. The van der Waals surface area contributed by atoms with Crippen molar-refractivity contribution >= 4 is 23.4 Å². The van der Waals surface area contributed by atoms with Crippen LogP contribution in [0.3, 0.4) is 0 Å². The van der Waals surface area contributed by atoms with E-state index in [0.717, 1.165) is 31.5 Å². The Labute approximate surface area is 175 Å². The number of rotatable bonds is 7. The van der Waals surface area contributed by atoms with Crippen LogP contribution in [0.25, 0.3) is 0 Å². The van der Waals surface area contributed by atoms with Crippen molar-refractivity contribution in [3.63, 3.8) is 0 Å². The minimum absolute atomic E-state index is 0.0636. The Morgan fingerprint density at radius 2 is 1.79 bits per heavy atom. The zero-order chi connectivity index (χ0) is 20.8. The zero-order valence-corrected chi connectivity index (χ0v) is 17.4. The molecule has 1 aliphatic rings. The second-order valence-corrected chi connectivity index (χ2v) is 7.35. The van der Waals surface area contributed by atoms with Crippen molar-refractivity contribution in [1.29, 1.82) is 0 Å². The summed E-state index contributed by atoms with van der Waals surface area (Å²) in [6.07, 6.45) is 2.40. The van der Waals surface area contributed by atoms with Crippen LogP contribution in [0.4, 0.5) is 0 Å². The summed E-state index contributed by atoms with van der Waals surface area (Å²) in [5.41, 5.74) is 1.29. The molecule has 29 heavy (non-hydrogen) atoms. The number of nitrogens with zero attached hydrogens (tertiary/aromatic N) is 1. The van der Waals surface area contributed by atoms with Gasteiger partial charge in [0.05, 0.1) is 19.2 Å². The molecule has 2 aromatic rings. The molecule has 1 heterocycles. The van der Waals surface area contributed by atoms with Gasteiger partial charge in [0.25, 0.3) is 5.91 Å². The van der Waals surface area contributed by atoms with Crippen molar-refractivity contribution in [1.82, 2.24) is 10.2 Å². The molecule has 154 valence electrons. The highest BCUT2D eigenvalue weighted by Crippen LogP contribution is 2.36. The smallest absolute Gasteiger partial charge is 0.252 e. The Hall–Kier alpha value is -2.73. The number of ether oxygens (including phenoxy) is 2. The van der Waals surface area contributed by atoms with Gasteiger partial charge in [-0.2, -0.15) is 0 Å². The fourth-order valence-electron chi connectivity index (χ4n) is 3.50. The molecule has 0 saturated carbocycles. The Balaban J connectivity index is 1.83. The SMILES string of the molecule is COc1cc(C(=O)NC(Cc2ccccc2)C(=O)N2CCCC2)cc(Cl)c1OC. The van der Waals surface area contributed by atoms with Crippen molar-refractivity contribution in [3.05, 3.63) is 58.6 Å². The van der Waals surface area contributed by atoms with E-state index < -0.39 is 6.04 Å². The molecule has 6 nitrogen and oxygen atoms in total. The highest BCUT2D eigenvalue weighted by Gasteiger charge is 2.28. The Kier molecular flexibility index (Phi) is 6.99. The lowest BCUT2D eigenvalue weighted by atomic mass is 10.0. The highest BCUT2D eigenvalue weighted by atomic mass is 35.5. The molecule has 0 aliphatic carbocycles. The molecule has 2 aromatic carbocycles. The van der Waals surface area contributed by atoms with Gasteiger partial charge in [0.1, 0.15) is 6.04 Å². The molecular formula is C22H25ClN2O4. The predicted octanol–water partition coefficient (Wildman–Crippen LogP) is 3.32. The fourth-order valence-corrected chi connectivity index (χ4v) is 3.79. The maximum Gasteiger partial charge on any atom is 0.252 e. The third kappa shape index (κ3) is 5.01. The van der Waals surface area contributed by atoms with Gasteiger partial charge >= 0.3 is 0 Å². The normalized spacial score (nSPS) is 14.4. The molecule has 0 aromatic heterocycles. The molecule has 0 radical (unpaired) electrons.